The van der Waals surface area contributed by atoms with Crippen LogP contribution >= 0.6 is 23.2 Å². The van der Waals surface area contributed by atoms with E-state index in [1.165, 1.54) is 6.07 Å². The zero-order valence-electron chi connectivity index (χ0n) is 7.11. The highest BCUT2D eigenvalue weighted by atomic mass is 35.5. The van der Waals surface area contributed by atoms with Crippen LogP contribution in [0.4, 0.5) is 0 Å². The number of hydrogen-bond acceptors (Lipinski definition) is 5. The molecule has 2 radical (unpaired) electrons. The number of nitrogens with one attached hydrogen (secondary N) is 1. The van der Waals surface area contributed by atoms with Gasteiger partial charge in [-0.05, 0) is 6.07 Å². The second-order valence-electron chi connectivity index (χ2n) is 2.54. The Labute approximate surface area is 95.6 Å². The van der Waals surface area contributed by atoms with Crippen molar-refractivity contribution < 1.29 is 15.0 Å². The lowest BCUT2D eigenvalue weighted by Crippen LogP contribution is -2.49. The topological polar surface area (TPSA) is 95.3 Å². The summed E-state index contributed by atoms with van der Waals surface area (Å²) in [5.41, 5.74) is -0.320. The predicted octanol–water partition coefficient (Wildman–Crippen LogP) is -0.722. The lowest BCUT2D eigenvalue weighted by Gasteiger charge is -2.17. The van der Waals surface area contributed by atoms with Crippen LogP contribution in [0.25, 0.3) is 0 Å². The van der Waals surface area contributed by atoms with Crippen molar-refractivity contribution in [2.45, 2.75) is 5.81 Å². The Kier molecular flexibility index (Phi) is 3.51. The van der Waals surface area contributed by atoms with Crippen LogP contribution in [-0.2, 0) is 0 Å². The van der Waals surface area contributed by atoms with Crippen LogP contribution < -0.4 is 5.32 Å². The lowest BCUT2D eigenvalue weighted by atomic mass is 10.0. The van der Waals surface area contributed by atoms with Crippen molar-refractivity contribution in [1.82, 2.24) is 15.5 Å². The Hall–Kier alpha value is -0.885. The summed E-state index contributed by atoms with van der Waals surface area (Å²) in [4.78, 5) is 11.3. The first kappa shape index (κ1) is 12.2. The van der Waals surface area contributed by atoms with Gasteiger partial charge in [0.25, 0.3) is 5.91 Å². The predicted molar refractivity (Wildman–Crippen MR) is 52.4 cm³/mol. The fraction of sp³-hybridized carbons (Fsp3) is 0.167. The highest BCUT2D eigenvalue weighted by molar-refractivity contribution is 6.35. The highest BCUT2D eigenvalue weighted by Gasteiger charge is 2.21. The van der Waals surface area contributed by atoms with Crippen molar-refractivity contribution in [3.63, 3.8) is 0 Å². The Morgan fingerprint density at radius 3 is 2.53 bits per heavy atom. The zero-order valence-corrected chi connectivity index (χ0v) is 8.62. The van der Waals surface area contributed by atoms with Gasteiger partial charge in [-0.1, -0.05) is 23.2 Å². The Bertz CT molecular complexity index is 396. The van der Waals surface area contributed by atoms with Gasteiger partial charge in [0.2, 0.25) is 0 Å². The van der Waals surface area contributed by atoms with E-state index in [4.69, 9.17) is 41.3 Å². The molecule has 9 heteroatoms. The maximum Gasteiger partial charge on any atom is 0.276 e. The quantitative estimate of drug-likeness (QED) is 0.474. The average molecular weight is 248 g/mol. The molecule has 0 bridgehead atoms. The Morgan fingerprint density at radius 2 is 2.07 bits per heavy atom. The number of aliphatic hydroxyl groups is 2. The fourth-order valence-corrected chi connectivity index (χ4v) is 1.16. The van der Waals surface area contributed by atoms with Gasteiger partial charge in [0, 0.05) is 0 Å². The van der Waals surface area contributed by atoms with Crippen molar-refractivity contribution in [2.75, 3.05) is 0 Å². The molecule has 0 aliphatic rings. The second-order valence-corrected chi connectivity index (χ2v) is 3.34. The first-order chi connectivity index (χ1) is 6.79. The largest absolute Gasteiger partial charge is 0.358 e. The molecule has 0 aliphatic heterocycles. The van der Waals surface area contributed by atoms with E-state index in [0.717, 1.165) is 0 Å². The van der Waals surface area contributed by atoms with E-state index in [2.05, 4.69) is 10.2 Å². The van der Waals surface area contributed by atoms with Crippen LogP contribution in [-0.4, -0.2) is 40.0 Å². The summed E-state index contributed by atoms with van der Waals surface area (Å²) in [6.45, 7) is 0. The summed E-state index contributed by atoms with van der Waals surface area (Å²) in [5, 5.41) is 25.6. The monoisotopic (exact) mass is 247 g/mol. The van der Waals surface area contributed by atoms with E-state index in [1.807, 2.05) is 0 Å². The van der Waals surface area contributed by atoms with Crippen molar-refractivity contribution in [1.29, 1.82) is 0 Å². The Morgan fingerprint density at radius 1 is 1.47 bits per heavy atom. The standard InChI is InChI=1S/C6H4BCl2N3O3/c7-6(14,15)10-5(13)4-2(8)1-3(9)11-12-4/h1,14-15H,(H,10,13). The SMILES string of the molecule is [B]C(O)(O)NC(=O)c1nnc(Cl)cc1Cl. The molecule has 0 unspecified atom stereocenters. The van der Waals surface area contributed by atoms with Gasteiger partial charge in [0.05, 0.1) is 5.02 Å². The van der Waals surface area contributed by atoms with Gasteiger partial charge in [0.1, 0.15) is 0 Å². The molecule has 15 heavy (non-hydrogen) atoms. The van der Waals surface area contributed by atoms with E-state index in [9.17, 15) is 4.79 Å². The highest BCUT2D eigenvalue weighted by Crippen LogP contribution is 2.16. The molecular formula is C6H4BCl2N3O3. The molecule has 0 spiro atoms. The summed E-state index contributed by atoms with van der Waals surface area (Å²) < 4.78 is 0. The van der Waals surface area contributed by atoms with Crippen LogP contribution in [0.1, 0.15) is 10.5 Å². The number of rotatable bonds is 2. The molecule has 78 valence electrons. The van der Waals surface area contributed by atoms with E-state index in [-0.39, 0.29) is 15.9 Å². The normalized spacial score (nSPS) is 11.2. The maximum absolute atomic E-state index is 11.3. The third-order valence-electron chi connectivity index (χ3n) is 1.23. The second kappa shape index (κ2) is 4.32. The number of hydrogen-bond donors (Lipinski definition) is 3. The van der Waals surface area contributed by atoms with E-state index < -0.39 is 11.7 Å². The minimum Gasteiger partial charge on any atom is -0.358 e. The zero-order chi connectivity index (χ0) is 11.6. The fourth-order valence-electron chi connectivity index (χ4n) is 0.727. The summed E-state index contributed by atoms with van der Waals surface area (Å²) in [7, 11) is 4.72. The number of halogens is 2. The van der Waals surface area contributed by atoms with Crippen LogP contribution in [0.15, 0.2) is 6.07 Å². The first-order valence-electron chi connectivity index (χ1n) is 3.54. The van der Waals surface area contributed by atoms with Gasteiger partial charge in [0.15, 0.2) is 24.5 Å². The molecule has 3 N–H and O–H groups in total. The molecule has 0 saturated heterocycles. The van der Waals surface area contributed by atoms with Crippen molar-refractivity contribution in [3.05, 3.63) is 21.9 Å². The maximum atomic E-state index is 11.3. The number of carbonyl (C=O) groups excluding carboxylic acids is 1. The molecule has 0 saturated carbocycles. The number of carbonyl (C=O) groups is 1. The van der Waals surface area contributed by atoms with E-state index >= 15 is 0 Å². The summed E-state index contributed by atoms with van der Waals surface area (Å²) in [6, 6.07) is 1.18. The van der Waals surface area contributed by atoms with E-state index in [1.54, 1.807) is 5.32 Å². The molecule has 1 aromatic heterocycles. The molecule has 0 aromatic carbocycles. The van der Waals surface area contributed by atoms with Gasteiger partial charge in [-0.3, -0.25) is 4.79 Å². The third kappa shape index (κ3) is 3.63. The Balaban J connectivity index is 2.92. The van der Waals surface area contributed by atoms with Gasteiger partial charge >= 0.3 is 0 Å². The molecule has 1 heterocycles. The van der Waals surface area contributed by atoms with Crippen LogP contribution in [0, 0.1) is 0 Å². The first-order valence-corrected chi connectivity index (χ1v) is 4.30. The summed E-state index contributed by atoms with van der Waals surface area (Å²) >= 11 is 11.0. The minimum absolute atomic E-state index is 0.00330. The molecule has 0 atom stereocenters. The molecule has 0 aliphatic carbocycles. The summed E-state index contributed by atoms with van der Waals surface area (Å²) in [6.07, 6.45) is 0. The lowest BCUT2D eigenvalue weighted by molar-refractivity contribution is -0.102. The molecule has 1 amide bonds. The van der Waals surface area contributed by atoms with Gasteiger partial charge < -0.3 is 15.5 Å². The van der Waals surface area contributed by atoms with E-state index in [0.29, 0.717) is 0 Å². The molecule has 6 nitrogen and oxygen atoms in total. The summed E-state index contributed by atoms with van der Waals surface area (Å²) in [5.74, 6) is -3.83. The number of aromatic nitrogens is 2. The molecule has 0 fully saturated rings. The van der Waals surface area contributed by atoms with Crippen molar-refractivity contribution >= 4 is 37.0 Å². The smallest absolute Gasteiger partial charge is 0.276 e. The molecular weight excluding hydrogens is 244 g/mol. The van der Waals surface area contributed by atoms with Crippen LogP contribution in [0.5, 0.6) is 0 Å². The number of nitrogens with zero attached hydrogens (tertiary/aromatic N) is 2. The number of amides is 1. The van der Waals surface area contributed by atoms with Gasteiger partial charge in [-0.2, -0.15) is 0 Å². The van der Waals surface area contributed by atoms with Gasteiger partial charge in [-0.25, -0.2) is 0 Å². The minimum atomic E-state index is -2.85. The molecule has 1 rings (SSSR count). The average Bonchev–Trinajstić information content (AvgIpc) is 1.99. The molecule has 1 aromatic rings. The van der Waals surface area contributed by atoms with Gasteiger partial charge in [-0.15, -0.1) is 10.2 Å². The van der Waals surface area contributed by atoms with Crippen LogP contribution in [0.3, 0.4) is 0 Å². The third-order valence-corrected chi connectivity index (χ3v) is 1.70. The van der Waals surface area contributed by atoms with Crippen molar-refractivity contribution in [3.8, 4) is 0 Å². The van der Waals surface area contributed by atoms with Crippen molar-refractivity contribution in [2.24, 2.45) is 0 Å². The van der Waals surface area contributed by atoms with Crippen LogP contribution in [0.2, 0.25) is 10.2 Å².